The Labute approximate surface area is 112 Å². The Bertz CT molecular complexity index is 826. The minimum Gasteiger partial charge on any atom is -0.393 e. The number of H-pyrrole nitrogens is 1. The Hall–Kier alpha value is -3.16. The number of aromatic amines is 1. The van der Waals surface area contributed by atoms with E-state index in [9.17, 15) is 10.1 Å². The molecule has 20 heavy (non-hydrogen) atoms. The maximum atomic E-state index is 10.9. The van der Waals surface area contributed by atoms with Crippen LogP contribution in [0.3, 0.4) is 0 Å². The summed E-state index contributed by atoms with van der Waals surface area (Å²) in [5.74, 6) is 0.833. The summed E-state index contributed by atoms with van der Waals surface area (Å²) in [4.78, 5) is 21.7. The zero-order valence-corrected chi connectivity index (χ0v) is 10.2. The van der Waals surface area contributed by atoms with Crippen LogP contribution in [0.4, 0.5) is 17.2 Å². The van der Waals surface area contributed by atoms with E-state index in [-0.39, 0.29) is 11.4 Å². The summed E-state index contributed by atoms with van der Waals surface area (Å²) in [5.41, 5.74) is 12.8. The molecule has 0 aliphatic heterocycles. The number of nitrogens with zero attached hydrogens (tertiary/aromatic N) is 3. The normalized spacial score (nSPS) is 10.8. The maximum absolute atomic E-state index is 10.9. The summed E-state index contributed by atoms with van der Waals surface area (Å²) in [5, 5.41) is 10.9. The number of imidazole rings is 1. The summed E-state index contributed by atoms with van der Waals surface area (Å²) in [6.45, 7) is 0. The second-order valence-electron chi connectivity index (χ2n) is 4.22. The molecule has 0 bridgehead atoms. The van der Waals surface area contributed by atoms with Crippen molar-refractivity contribution in [2.24, 2.45) is 0 Å². The predicted octanol–water partition coefficient (Wildman–Crippen LogP) is 1.70. The molecule has 3 rings (SSSR count). The third-order valence-electron chi connectivity index (χ3n) is 2.87. The lowest BCUT2D eigenvalue weighted by molar-refractivity contribution is -0.383. The average Bonchev–Trinajstić information content (AvgIpc) is 2.81. The van der Waals surface area contributed by atoms with Crippen LogP contribution in [0.5, 0.6) is 0 Å². The predicted molar refractivity (Wildman–Crippen MR) is 74.8 cm³/mol. The minimum absolute atomic E-state index is 0.109. The molecule has 100 valence electrons. The third kappa shape index (κ3) is 1.88. The van der Waals surface area contributed by atoms with Gasteiger partial charge >= 0.3 is 0 Å². The number of benzene rings is 1. The van der Waals surface area contributed by atoms with Crippen LogP contribution in [0.1, 0.15) is 0 Å². The van der Waals surface area contributed by atoms with Gasteiger partial charge in [-0.25, -0.2) is 9.97 Å². The van der Waals surface area contributed by atoms with Gasteiger partial charge in [0.2, 0.25) is 0 Å². The van der Waals surface area contributed by atoms with E-state index in [2.05, 4.69) is 15.0 Å². The van der Waals surface area contributed by atoms with Crippen LogP contribution in [0.25, 0.3) is 22.6 Å². The van der Waals surface area contributed by atoms with Crippen molar-refractivity contribution in [3.05, 3.63) is 40.4 Å². The second-order valence-corrected chi connectivity index (χ2v) is 4.22. The lowest BCUT2D eigenvalue weighted by atomic mass is 10.1. The zero-order valence-electron chi connectivity index (χ0n) is 10.2. The van der Waals surface area contributed by atoms with Crippen molar-refractivity contribution in [2.45, 2.75) is 0 Å². The number of pyridine rings is 1. The standard InChI is InChI=1S/C12H10N6O2/c13-7-2-1-6(5-9(7)18(19)20)11-15-8-3-4-10(14)16-12(8)17-11/h1-5H,13H2,(H3,14,15,16,17). The zero-order chi connectivity index (χ0) is 14.3. The Morgan fingerprint density at radius 1 is 1.15 bits per heavy atom. The van der Waals surface area contributed by atoms with Gasteiger partial charge in [0.1, 0.15) is 17.3 Å². The number of fused-ring (bicyclic) bond motifs is 1. The van der Waals surface area contributed by atoms with Crippen molar-refractivity contribution in [1.29, 1.82) is 0 Å². The van der Waals surface area contributed by atoms with E-state index in [1.165, 1.54) is 12.1 Å². The molecule has 8 heteroatoms. The van der Waals surface area contributed by atoms with Gasteiger partial charge in [-0.1, -0.05) is 0 Å². The topological polar surface area (TPSA) is 137 Å². The summed E-state index contributed by atoms with van der Waals surface area (Å²) in [7, 11) is 0. The molecule has 0 fully saturated rings. The Morgan fingerprint density at radius 3 is 2.70 bits per heavy atom. The van der Waals surface area contributed by atoms with Crippen molar-refractivity contribution < 1.29 is 4.92 Å². The Kier molecular flexibility index (Phi) is 2.50. The van der Waals surface area contributed by atoms with Gasteiger partial charge in [0.05, 0.1) is 10.4 Å². The number of nitrogens with two attached hydrogens (primary N) is 2. The first-order valence-corrected chi connectivity index (χ1v) is 5.71. The lowest BCUT2D eigenvalue weighted by Crippen LogP contribution is -1.96. The van der Waals surface area contributed by atoms with Crippen molar-refractivity contribution in [3.8, 4) is 11.4 Å². The summed E-state index contributed by atoms with van der Waals surface area (Å²) >= 11 is 0. The molecule has 0 spiro atoms. The van der Waals surface area contributed by atoms with E-state index >= 15 is 0 Å². The molecular weight excluding hydrogens is 260 g/mol. The molecule has 5 N–H and O–H groups in total. The van der Waals surface area contributed by atoms with Crippen molar-refractivity contribution in [1.82, 2.24) is 15.0 Å². The van der Waals surface area contributed by atoms with Gasteiger partial charge in [0.25, 0.3) is 5.69 Å². The average molecular weight is 270 g/mol. The first-order valence-electron chi connectivity index (χ1n) is 5.71. The molecule has 0 aliphatic carbocycles. The summed E-state index contributed by atoms with van der Waals surface area (Å²) in [6.07, 6.45) is 0. The molecule has 2 aromatic heterocycles. The third-order valence-corrected chi connectivity index (χ3v) is 2.87. The van der Waals surface area contributed by atoms with Crippen molar-refractivity contribution in [3.63, 3.8) is 0 Å². The Morgan fingerprint density at radius 2 is 1.95 bits per heavy atom. The number of nitrogen functional groups attached to an aromatic ring is 2. The molecule has 0 saturated carbocycles. The van der Waals surface area contributed by atoms with Gasteiger partial charge in [-0.15, -0.1) is 0 Å². The van der Waals surface area contributed by atoms with E-state index < -0.39 is 4.92 Å². The van der Waals surface area contributed by atoms with Crippen LogP contribution in [-0.4, -0.2) is 19.9 Å². The molecule has 0 unspecified atom stereocenters. The van der Waals surface area contributed by atoms with E-state index in [4.69, 9.17) is 11.5 Å². The van der Waals surface area contributed by atoms with Crippen LogP contribution in [0.2, 0.25) is 0 Å². The number of aromatic nitrogens is 3. The van der Waals surface area contributed by atoms with E-state index in [0.29, 0.717) is 28.4 Å². The highest BCUT2D eigenvalue weighted by molar-refractivity contribution is 5.78. The van der Waals surface area contributed by atoms with Crippen molar-refractivity contribution >= 4 is 28.4 Å². The second kappa shape index (κ2) is 4.19. The maximum Gasteiger partial charge on any atom is 0.292 e. The van der Waals surface area contributed by atoms with Gasteiger partial charge in [0, 0.05) is 11.6 Å². The molecular formula is C12H10N6O2. The molecule has 8 nitrogen and oxygen atoms in total. The molecule has 0 amide bonds. The lowest BCUT2D eigenvalue weighted by Gasteiger charge is -1.99. The number of nitro groups is 1. The fourth-order valence-corrected chi connectivity index (χ4v) is 1.89. The van der Waals surface area contributed by atoms with Gasteiger partial charge in [0.15, 0.2) is 5.65 Å². The van der Waals surface area contributed by atoms with Crippen molar-refractivity contribution in [2.75, 3.05) is 11.5 Å². The van der Waals surface area contributed by atoms with Crippen LogP contribution >= 0.6 is 0 Å². The van der Waals surface area contributed by atoms with Gasteiger partial charge < -0.3 is 16.5 Å². The SMILES string of the molecule is Nc1ccc2[nH]c(-c3ccc(N)c([N+](=O)[O-])c3)nc2n1. The highest BCUT2D eigenvalue weighted by atomic mass is 16.6. The monoisotopic (exact) mass is 270 g/mol. The van der Waals surface area contributed by atoms with Crippen LogP contribution in [-0.2, 0) is 0 Å². The quantitative estimate of drug-likeness (QED) is 0.368. The molecule has 1 aromatic carbocycles. The first-order chi connectivity index (χ1) is 9.54. The number of anilines is 2. The smallest absolute Gasteiger partial charge is 0.292 e. The Balaban J connectivity index is 2.15. The number of nitro benzene ring substituents is 1. The number of hydrogen-bond acceptors (Lipinski definition) is 6. The molecule has 3 aromatic rings. The first kappa shape index (κ1) is 11.9. The summed E-state index contributed by atoms with van der Waals surface area (Å²) < 4.78 is 0. The molecule has 0 atom stereocenters. The largest absolute Gasteiger partial charge is 0.393 e. The summed E-state index contributed by atoms with van der Waals surface area (Å²) in [6, 6.07) is 7.90. The molecule has 0 aliphatic rings. The molecule has 0 radical (unpaired) electrons. The highest BCUT2D eigenvalue weighted by Crippen LogP contribution is 2.28. The minimum atomic E-state index is -0.530. The van der Waals surface area contributed by atoms with E-state index in [1.54, 1.807) is 18.2 Å². The van der Waals surface area contributed by atoms with Gasteiger partial charge in [-0.3, -0.25) is 10.1 Å². The van der Waals surface area contributed by atoms with Crippen LogP contribution in [0.15, 0.2) is 30.3 Å². The fraction of sp³-hybridized carbons (Fsp3) is 0. The molecule has 2 heterocycles. The van der Waals surface area contributed by atoms with Crippen LogP contribution < -0.4 is 11.5 Å². The highest BCUT2D eigenvalue weighted by Gasteiger charge is 2.14. The molecule has 0 saturated heterocycles. The van der Waals surface area contributed by atoms with E-state index in [1.807, 2.05) is 0 Å². The van der Waals surface area contributed by atoms with Gasteiger partial charge in [-0.2, -0.15) is 0 Å². The fourth-order valence-electron chi connectivity index (χ4n) is 1.89. The number of rotatable bonds is 2. The number of nitrogens with one attached hydrogen (secondary N) is 1. The van der Waals surface area contributed by atoms with E-state index in [0.717, 1.165) is 0 Å². The van der Waals surface area contributed by atoms with Gasteiger partial charge in [-0.05, 0) is 24.3 Å². The van der Waals surface area contributed by atoms with Crippen LogP contribution in [0, 0.1) is 10.1 Å². The number of hydrogen-bond donors (Lipinski definition) is 3.